The molecule has 0 atom stereocenters. The van der Waals surface area contributed by atoms with Crippen LogP contribution in [0.5, 0.6) is 0 Å². The number of aromatic amines is 1. The van der Waals surface area contributed by atoms with Gasteiger partial charge in [-0.1, -0.05) is 0 Å². The van der Waals surface area contributed by atoms with Crippen LogP contribution >= 0.6 is 15.9 Å². The Morgan fingerprint density at radius 2 is 2.11 bits per heavy atom. The molecule has 1 heterocycles. The van der Waals surface area contributed by atoms with Crippen LogP contribution in [0.25, 0.3) is 0 Å². The van der Waals surface area contributed by atoms with Gasteiger partial charge >= 0.3 is 6.18 Å². The van der Waals surface area contributed by atoms with Crippen LogP contribution in [0.4, 0.5) is 13.2 Å². The molecular weight excluding hydrogens is 333 g/mol. The van der Waals surface area contributed by atoms with E-state index in [1.54, 1.807) is 0 Å². The molecule has 1 aromatic heterocycles. The lowest BCUT2D eigenvalue weighted by molar-refractivity contribution is -0.173. The number of aromatic nitrogens is 2. The molecule has 1 N–H and O–H groups in total. The van der Waals surface area contributed by atoms with Gasteiger partial charge in [-0.05, 0) is 15.9 Å². The second kappa shape index (κ2) is 7.01. The minimum atomic E-state index is -4.36. The zero-order valence-electron chi connectivity index (χ0n) is 10.0. The lowest BCUT2D eigenvalue weighted by Gasteiger charge is -2.08. The zero-order valence-corrected chi connectivity index (χ0v) is 11.6. The van der Waals surface area contributed by atoms with Crippen molar-refractivity contribution in [2.75, 3.05) is 20.3 Å². The summed E-state index contributed by atoms with van der Waals surface area (Å²) >= 11 is 3.06. The summed E-state index contributed by atoms with van der Waals surface area (Å²) < 4.78 is 45.1. The van der Waals surface area contributed by atoms with E-state index in [9.17, 15) is 18.0 Å². The van der Waals surface area contributed by atoms with Crippen LogP contribution in [-0.4, -0.2) is 36.5 Å². The first-order valence-corrected chi connectivity index (χ1v) is 6.04. The van der Waals surface area contributed by atoms with Gasteiger partial charge in [0.15, 0.2) is 0 Å². The van der Waals surface area contributed by atoms with Crippen LogP contribution in [0.3, 0.4) is 0 Å². The number of hydrogen-bond acceptors (Lipinski definition) is 4. The number of hydrogen-bond donors (Lipinski definition) is 1. The SMILES string of the molecule is COCc1nc(CCOCC(F)(F)F)[nH]c(=O)c1Br. The lowest BCUT2D eigenvalue weighted by atomic mass is 10.3. The van der Waals surface area contributed by atoms with Crippen molar-refractivity contribution in [1.29, 1.82) is 0 Å². The summed E-state index contributed by atoms with van der Waals surface area (Å²) in [6.45, 7) is -1.38. The molecule has 0 radical (unpaired) electrons. The van der Waals surface area contributed by atoms with Gasteiger partial charge in [0.05, 0.1) is 18.9 Å². The summed E-state index contributed by atoms with van der Waals surface area (Å²) in [5.74, 6) is 0.252. The molecule has 0 amide bonds. The van der Waals surface area contributed by atoms with Crippen LogP contribution in [0.15, 0.2) is 9.27 Å². The Bertz CT molecular complexity index is 476. The molecule has 0 aliphatic carbocycles. The quantitative estimate of drug-likeness (QED) is 0.799. The summed E-state index contributed by atoms with van der Waals surface area (Å²) in [5, 5.41) is 0. The van der Waals surface area contributed by atoms with E-state index in [1.165, 1.54) is 7.11 Å². The van der Waals surface area contributed by atoms with Crippen LogP contribution in [0.2, 0.25) is 0 Å². The predicted octanol–water partition coefficient (Wildman–Crippen LogP) is 1.80. The maximum atomic E-state index is 11.8. The molecule has 0 unspecified atom stereocenters. The van der Waals surface area contributed by atoms with Crippen LogP contribution in [-0.2, 0) is 22.5 Å². The van der Waals surface area contributed by atoms with Gasteiger partial charge in [-0.25, -0.2) is 4.98 Å². The third kappa shape index (κ3) is 5.70. The number of alkyl halides is 3. The van der Waals surface area contributed by atoms with E-state index >= 15 is 0 Å². The van der Waals surface area contributed by atoms with Crippen molar-refractivity contribution < 1.29 is 22.6 Å². The smallest absolute Gasteiger partial charge is 0.378 e. The highest BCUT2D eigenvalue weighted by Gasteiger charge is 2.27. The predicted molar refractivity (Wildman–Crippen MR) is 63.8 cm³/mol. The van der Waals surface area contributed by atoms with Crippen molar-refractivity contribution in [1.82, 2.24) is 9.97 Å². The Morgan fingerprint density at radius 3 is 2.68 bits per heavy atom. The number of halogens is 4. The average molecular weight is 345 g/mol. The topological polar surface area (TPSA) is 64.2 Å². The normalized spacial score (nSPS) is 11.8. The van der Waals surface area contributed by atoms with Gasteiger partial charge in [-0.3, -0.25) is 4.79 Å². The third-order valence-electron chi connectivity index (χ3n) is 2.01. The van der Waals surface area contributed by atoms with Crippen LogP contribution in [0.1, 0.15) is 11.5 Å². The van der Waals surface area contributed by atoms with Gasteiger partial charge in [0, 0.05) is 13.5 Å². The molecule has 0 aliphatic rings. The van der Waals surface area contributed by atoms with E-state index in [0.29, 0.717) is 5.69 Å². The molecule has 108 valence electrons. The molecule has 9 heteroatoms. The van der Waals surface area contributed by atoms with Gasteiger partial charge in [0.25, 0.3) is 5.56 Å². The number of ether oxygens (including phenoxy) is 2. The Labute approximate surface area is 115 Å². The second-order valence-electron chi connectivity index (χ2n) is 3.62. The fourth-order valence-electron chi connectivity index (χ4n) is 1.26. The lowest BCUT2D eigenvalue weighted by Crippen LogP contribution is -2.20. The summed E-state index contributed by atoms with van der Waals surface area (Å²) in [6, 6.07) is 0. The number of nitrogens with one attached hydrogen (secondary N) is 1. The van der Waals surface area contributed by atoms with Gasteiger partial charge < -0.3 is 14.5 Å². The molecule has 0 aromatic carbocycles. The van der Waals surface area contributed by atoms with E-state index in [0.717, 1.165) is 0 Å². The van der Waals surface area contributed by atoms with Gasteiger partial charge in [0.1, 0.15) is 16.9 Å². The first kappa shape index (κ1) is 16.1. The van der Waals surface area contributed by atoms with Crippen molar-refractivity contribution in [2.45, 2.75) is 19.2 Å². The van der Waals surface area contributed by atoms with Crippen LogP contribution < -0.4 is 5.56 Å². The molecule has 0 spiro atoms. The maximum absolute atomic E-state index is 11.8. The Kier molecular flexibility index (Phi) is 5.95. The van der Waals surface area contributed by atoms with E-state index in [-0.39, 0.29) is 29.9 Å². The van der Waals surface area contributed by atoms with Crippen molar-refractivity contribution >= 4 is 15.9 Å². The Balaban J connectivity index is 2.62. The molecule has 5 nitrogen and oxygen atoms in total. The number of H-pyrrole nitrogens is 1. The van der Waals surface area contributed by atoms with Crippen molar-refractivity contribution in [3.05, 3.63) is 26.3 Å². The number of nitrogens with zero attached hydrogens (tertiary/aromatic N) is 1. The molecule has 1 aromatic rings. The molecule has 0 bridgehead atoms. The molecule has 0 fully saturated rings. The maximum Gasteiger partial charge on any atom is 0.411 e. The van der Waals surface area contributed by atoms with E-state index in [2.05, 4.69) is 30.6 Å². The highest BCUT2D eigenvalue weighted by atomic mass is 79.9. The minimum absolute atomic E-state index is 0.0787. The standard InChI is InChI=1S/C10H12BrF3N2O3/c1-18-4-6-8(11)9(17)16-7(15-6)2-3-19-5-10(12,13)14/h2-5H2,1H3,(H,15,16,17). The van der Waals surface area contributed by atoms with Crippen molar-refractivity contribution in [3.63, 3.8) is 0 Å². The highest BCUT2D eigenvalue weighted by molar-refractivity contribution is 9.10. The van der Waals surface area contributed by atoms with Crippen molar-refractivity contribution in [3.8, 4) is 0 Å². The van der Waals surface area contributed by atoms with Gasteiger partial charge in [-0.2, -0.15) is 13.2 Å². The molecule has 0 saturated carbocycles. The van der Waals surface area contributed by atoms with Gasteiger partial charge in [0.2, 0.25) is 0 Å². The fourth-order valence-corrected chi connectivity index (χ4v) is 1.57. The molecule has 0 saturated heterocycles. The largest absolute Gasteiger partial charge is 0.411 e. The monoisotopic (exact) mass is 344 g/mol. The summed E-state index contributed by atoms with van der Waals surface area (Å²) in [7, 11) is 1.45. The Hall–Kier alpha value is -0.930. The second-order valence-corrected chi connectivity index (χ2v) is 4.42. The van der Waals surface area contributed by atoms with E-state index in [1.807, 2.05) is 0 Å². The Morgan fingerprint density at radius 1 is 1.42 bits per heavy atom. The van der Waals surface area contributed by atoms with Crippen molar-refractivity contribution in [2.24, 2.45) is 0 Å². The molecule has 19 heavy (non-hydrogen) atoms. The minimum Gasteiger partial charge on any atom is -0.378 e. The summed E-state index contributed by atoms with van der Waals surface area (Å²) in [5.41, 5.74) is -0.0232. The fraction of sp³-hybridized carbons (Fsp3) is 0.600. The first-order chi connectivity index (χ1) is 8.83. The molecular formula is C10H12BrF3N2O3. The zero-order chi connectivity index (χ0) is 14.5. The van der Waals surface area contributed by atoms with Crippen LogP contribution in [0, 0.1) is 0 Å². The number of rotatable bonds is 6. The highest BCUT2D eigenvalue weighted by Crippen LogP contribution is 2.14. The molecule has 0 aliphatic heterocycles. The van der Waals surface area contributed by atoms with E-state index in [4.69, 9.17) is 4.74 Å². The first-order valence-electron chi connectivity index (χ1n) is 5.24. The summed E-state index contributed by atoms with van der Waals surface area (Å²) in [6.07, 6.45) is -4.28. The van der Waals surface area contributed by atoms with E-state index < -0.39 is 18.3 Å². The third-order valence-corrected chi connectivity index (χ3v) is 2.83. The average Bonchev–Trinajstić information content (AvgIpc) is 2.30. The van der Waals surface area contributed by atoms with Gasteiger partial charge in [-0.15, -0.1) is 0 Å². The molecule has 1 rings (SSSR count). The number of methoxy groups -OCH3 is 1. The summed E-state index contributed by atoms with van der Waals surface area (Å²) in [4.78, 5) is 18.0.